The topological polar surface area (TPSA) is 68.3 Å². The Balaban J connectivity index is 1.51. The summed E-state index contributed by atoms with van der Waals surface area (Å²) >= 11 is 0. The fraction of sp³-hybridized carbons (Fsp3) is 0.697. The lowest BCUT2D eigenvalue weighted by molar-refractivity contribution is 0.101. The highest BCUT2D eigenvalue weighted by Crippen LogP contribution is 2.46. The molecule has 1 heterocycles. The van der Waals surface area contributed by atoms with Crippen molar-refractivity contribution < 1.29 is 13.2 Å². The SMILES string of the molecule is CC1(C)CC(Nc2ncnc(NC3CC(CO[Si](C)(C)C(C)(C)C)C(O[Si](C)(C)C(C)(C)C)C3)c2F)c2ccccc21. The van der Waals surface area contributed by atoms with E-state index in [0.717, 1.165) is 19.3 Å². The van der Waals surface area contributed by atoms with Crippen LogP contribution in [0.2, 0.25) is 36.3 Å². The molecule has 2 aliphatic rings. The lowest BCUT2D eigenvalue weighted by Crippen LogP contribution is -2.46. The third-order valence-electron chi connectivity index (χ3n) is 10.6. The number of hydrogen-bond donors (Lipinski definition) is 2. The van der Waals surface area contributed by atoms with Gasteiger partial charge >= 0.3 is 0 Å². The van der Waals surface area contributed by atoms with Crippen LogP contribution in [0.15, 0.2) is 30.6 Å². The van der Waals surface area contributed by atoms with Crippen molar-refractivity contribution in [3.8, 4) is 0 Å². The molecule has 9 heteroatoms. The van der Waals surface area contributed by atoms with Gasteiger partial charge < -0.3 is 19.5 Å². The summed E-state index contributed by atoms with van der Waals surface area (Å²) in [6, 6.07) is 8.47. The number of anilines is 2. The molecular formula is C33H55FN4O2Si2. The van der Waals surface area contributed by atoms with E-state index in [-0.39, 0.29) is 51.2 Å². The first-order valence-corrected chi connectivity index (χ1v) is 21.5. The summed E-state index contributed by atoms with van der Waals surface area (Å²) < 4.78 is 29.6. The van der Waals surface area contributed by atoms with Crippen LogP contribution in [0.3, 0.4) is 0 Å². The van der Waals surface area contributed by atoms with Gasteiger partial charge in [0.2, 0.25) is 5.82 Å². The van der Waals surface area contributed by atoms with Crippen LogP contribution in [0.4, 0.5) is 16.0 Å². The molecule has 4 unspecified atom stereocenters. The minimum atomic E-state index is -2.01. The number of nitrogens with zero attached hydrogens (tertiary/aromatic N) is 2. The van der Waals surface area contributed by atoms with Crippen molar-refractivity contribution in [2.24, 2.45) is 5.92 Å². The molecule has 4 atom stereocenters. The Labute approximate surface area is 256 Å². The average Bonchev–Trinajstić information content (AvgIpc) is 3.35. The molecule has 2 N–H and O–H groups in total. The lowest BCUT2D eigenvalue weighted by atomic mass is 9.86. The molecule has 42 heavy (non-hydrogen) atoms. The Kier molecular flexibility index (Phi) is 9.14. The normalized spacial score (nSPS) is 24.5. The summed E-state index contributed by atoms with van der Waals surface area (Å²) in [5.74, 6) is 0.308. The van der Waals surface area contributed by atoms with Gasteiger partial charge in [-0.25, -0.2) is 9.97 Å². The van der Waals surface area contributed by atoms with Gasteiger partial charge in [0.25, 0.3) is 0 Å². The van der Waals surface area contributed by atoms with Gasteiger partial charge in [0, 0.05) is 18.6 Å². The molecular weight excluding hydrogens is 560 g/mol. The second-order valence-electron chi connectivity index (χ2n) is 16.3. The molecule has 0 aliphatic heterocycles. The largest absolute Gasteiger partial charge is 0.416 e. The molecule has 0 bridgehead atoms. The van der Waals surface area contributed by atoms with Crippen LogP contribution in [0.5, 0.6) is 0 Å². The minimum Gasteiger partial charge on any atom is -0.416 e. The van der Waals surface area contributed by atoms with Crippen LogP contribution in [-0.2, 0) is 14.3 Å². The van der Waals surface area contributed by atoms with E-state index in [4.69, 9.17) is 8.85 Å². The molecule has 1 saturated carbocycles. The second kappa shape index (κ2) is 11.6. The first-order valence-electron chi connectivity index (χ1n) is 15.7. The molecule has 4 rings (SSSR count). The smallest absolute Gasteiger partial charge is 0.207 e. The molecule has 0 saturated heterocycles. The zero-order valence-electron chi connectivity index (χ0n) is 28.1. The van der Waals surface area contributed by atoms with Crippen LogP contribution in [0.1, 0.15) is 91.8 Å². The van der Waals surface area contributed by atoms with Gasteiger partial charge in [-0.2, -0.15) is 4.39 Å². The highest BCUT2D eigenvalue weighted by Gasteiger charge is 2.46. The molecule has 1 aromatic carbocycles. The Morgan fingerprint density at radius 3 is 2.12 bits per heavy atom. The van der Waals surface area contributed by atoms with E-state index in [1.807, 2.05) is 6.07 Å². The first-order chi connectivity index (χ1) is 19.2. The first kappa shape index (κ1) is 33.1. The zero-order chi connectivity index (χ0) is 31.3. The monoisotopic (exact) mass is 614 g/mol. The minimum absolute atomic E-state index is 0.000773. The highest BCUT2D eigenvalue weighted by atomic mass is 28.4. The number of aromatic nitrogens is 2. The molecule has 6 nitrogen and oxygen atoms in total. The zero-order valence-corrected chi connectivity index (χ0v) is 30.1. The van der Waals surface area contributed by atoms with Gasteiger partial charge in [-0.15, -0.1) is 0 Å². The average molecular weight is 615 g/mol. The van der Waals surface area contributed by atoms with Crippen molar-refractivity contribution in [3.05, 3.63) is 47.5 Å². The Morgan fingerprint density at radius 2 is 1.50 bits per heavy atom. The fourth-order valence-electron chi connectivity index (χ4n) is 5.82. The van der Waals surface area contributed by atoms with Crippen molar-refractivity contribution in [1.29, 1.82) is 0 Å². The van der Waals surface area contributed by atoms with Crippen molar-refractivity contribution in [2.75, 3.05) is 17.2 Å². The van der Waals surface area contributed by atoms with Gasteiger partial charge in [0.1, 0.15) is 6.33 Å². The summed E-state index contributed by atoms with van der Waals surface area (Å²) in [5.41, 5.74) is 2.53. The van der Waals surface area contributed by atoms with E-state index in [1.54, 1.807) is 0 Å². The van der Waals surface area contributed by atoms with Gasteiger partial charge in [0.05, 0.1) is 12.1 Å². The highest BCUT2D eigenvalue weighted by molar-refractivity contribution is 6.74. The Hall–Kier alpha value is -1.82. The van der Waals surface area contributed by atoms with E-state index in [2.05, 4.69) is 120 Å². The van der Waals surface area contributed by atoms with E-state index < -0.39 is 22.5 Å². The predicted octanol–water partition coefficient (Wildman–Crippen LogP) is 9.05. The molecule has 0 spiro atoms. The van der Waals surface area contributed by atoms with Crippen LogP contribution in [0.25, 0.3) is 0 Å². The van der Waals surface area contributed by atoms with Gasteiger partial charge in [-0.1, -0.05) is 79.7 Å². The maximum atomic E-state index is 15.9. The number of nitrogens with one attached hydrogen (secondary N) is 2. The maximum absolute atomic E-state index is 15.9. The molecule has 1 fully saturated rings. The summed E-state index contributed by atoms with van der Waals surface area (Å²) in [4.78, 5) is 8.65. The molecule has 2 aliphatic carbocycles. The summed E-state index contributed by atoms with van der Waals surface area (Å²) in [6.07, 6.45) is 4.05. The van der Waals surface area contributed by atoms with E-state index in [9.17, 15) is 0 Å². The molecule has 1 aromatic heterocycles. The van der Waals surface area contributed by atoms with E-state index in [1.165, 1.54) is 17.5 Å². The number of fused-ring (bicyclic) bond motifs is 1. The third kappa shape index (κ3) is 6.95. The van der Waals surface area contributed by atoms with E-state index >= 15 is 4.39 Å². The van der Waals surface area contributed by atoms with Crippen LogP contribution >= 0.6 is 0 Å². The van der Waals surface area contributed by atoms with E-state index in [0.29, 0.717) is 6.61 Å². The number of rotatable bonds is 9. The van der Waals surface area contributed by atoms with Crippen LogP contribution in [-0.4, -0.2) is 45.4 Å². The molecule has 2 aromatic rings. The quantitative estimate of drug-likeness (QED) is 0.275. The summed E-state index contributed by atoms with van der Waals surface area (Å²) in [5, 5.41) is 7.10. The van der Waals surface area contributed by atoms with Gasteiger partial charge in [-0.3, -0.25) is 0 Å². The third-order valence-corrected chi connectivity index (χ3v) is 19.6. The molecule has 0 amide bonds. The van der Waals surface area contributed by atoms with Crippen molar-refractivity contribution in [3.63, 3.8) is 0 Å². The van der Waals surface area contributed by atoms with Gasteiger partial charge in [-0.05, 0) is 72.1 Å². The number of hydrogen-bond acceptors (Lipinski definition) is 6. The fourth-order valence-corrected chi connectivity index (χ4v) is 8.28. The second-order valence-corrected chi connectivity index (χ2v) is 25.9. The van der Waals surface area contributed by atoms with Gasteiger partial charge in [0.15, 0.2) is 28.3 Å². The Morgan fingerprint density at radius 1 is 0.905 bits per heavy atom. The van der Waals surface area contributed by atoms with Crippen molar-refractivity contribution in [2.45, 2.75) is 135 Å². The number of halogens is 1. The predicted molar refractivity (Wildman–Crippen MR) is 178 cm³/mol. The molecule has 0 radical (unpaired) electrons. The maximum Gasteiger partial charge on any atom is 0.207 e. The Bertz CT molecular complexity index is 1260. The van der Waals surface area contributed by atoms with Crippen LogP contribution < -0.4 is 10.6 Å². The molecule has 234 valence electrons. The van der Waals surface area contributed by atoms with Crippen molar-refractivity contribution >= 4 is 28.3 Å². The van der Waals surface area contributed by atoms with Crippen LogP contribution in [0, 0.1) is 11.7 Å². The summed E-state index contributed by atoms with van der Waals surface area (Å²) in [6.45, 7) is 28.0. The lowest BCUT2D eigenvalue weighted by Gasteiger charge is -2.41. The number of benzene rings is 1. The summed E-state index contributed by atoms with van der Waals surface area (Å²) in [7, 11) is -3.93. The van der Waals surface area contributed by atoms with Crippen molar-refractivity contribution in [1.82, 2.24) is 9.97 Å². The standard InChI is InChI=1S/C33H55FN4O2Si2/c1-31(2,3)41(9,10)39-20-22-17-23(18-27(22)40-42(11,12)32(4,5)6)37-29-28(34)30(36-21-35-29)38-26-19-33(7,8)25-16-14-13-15-24(25)26/h13-16,21-23,26-27H,17-20H2,1-12H3,(H2,35,36,37,38).